The van der Waals surface area contributed by atoms with Crippen LogP contribution in [0.5, 0.6) is 11.5 Å². The Morgan fingerprint density at radius 1 is 1.09 bits per heavy atom. The molecule has 0 aliphatic carbocycles. The molecule has 0 fully saturated rings. The zero-order valence-electron chi connectivity index (χ0n) is 12.8. The van der Waals surface area contributed by atoms with Gasteiger partial charge in [0.15, 0.2) is 6.10 Å². The van der Waals surface area contributed by atoms with E-state index in [4.69, 9.17) is 9.47 Å². The van der Waals surface area contributed by atoms with Crippen LogP contribution in [0.3, 0.4) is 0 Å². The van der Waals surface area contributed by atoms with E-state index in [-0.39, 0.29) is 5.91 Å². The van der Waals surface area contributed by atoms with E-state index in [1.165, 1.54) is 0 Å². The van der Waals surface area contributed by atoms with Crippen LogP contribution in [-0.4, -0.2) is 25.4 Å². The Kier molecular flexibility index (Phi) is 5.72. The van der Waals surface area contributed by atoms with Crippen molar-refractivity contribution in [3.8, 4) is 11.5 Å². The monoisotopic (exact) mass is 317 g/mol. The molecule has 1 atom stereocenters. The fourth-order valence-electron chi connectivity index (χ4n) is 1.89. The van der Waals surface area contributed by atoms with Crippen molar-refractivity contribution in [3.63, 3.8) is 0 Å². The highest BCUT2D eigenvalue weighted by molar-refractivity contribution is 7.98. The molecule has 116 valence electrons. The number of para-hydroxylation sites is 1. The van der Waals surface area contributed by atoms with Gasteiger partial charge in [-0.3, -0.25) is 4.79 Å². The van der Waals surface area contributed by atoms with Crippen LogP contribution in [0.15, 0.2) is 53.4 Å². The Bertz CT molecular complexity index is 628. The first-order chi connectivity index (χ1) is 10.6. The third kappa shape index (κ3) is 4.18. The normalized spacial score (nSPS) is 11.6. The first kappa shape index (κ1) is 16.2. The number of methoxy groups -OCH3 is 1. The highest BCUT2D eigenvalue weighted by Crippen LogP contribution is 2.25. The van der Waals surface area contributed by atoms with Crippen molar-refractivity contribution in [1.82, 2.24) is 0 Å². The number of thioether (sulfide) groups is 1. The average molecular weight is 317 g/mol. The molecule has 2 aromatic carbocycles. The molecule has 1 amide bonds. The highest BCUT2D eigenvalue weighted by atomic mass is 32.2. The van der Waals surface area contributed by atoms with E-state index in [9.17, 15) is 4.79 Å². The maximum atomic E-state index is 12.2. The largest absolute Gasteiger partial charge is 0.497 e. The fraction of sp³-hybridized carbons (Fsp3) is 0.235. The molecule has 0 bridgehead atoms. The van der Waals surface area contributed by atoms with Gasteiger partial charge in [-0.1, -0.05) is 12.1 Å². The molecule has 2 rings (SSSR count). The Morgan fingerprint density at radius 3 is 2.36 bits per heavy atom. The number of hydrogen-bond acceptors (Lipinski definition) is 4. The maximum Gasteiger partial charge on any atom is 0.265 e. The second kappa shape index (κ2) is 7.75. The Hall–Kier alpha value is -2.14. The molecule has 0 saturated carbocycles. The van der Waals surface area contributed by atoms with Gasteiger partial charge >= 0.3 is 0 Å². The number of anilines is 1. The molecule has 1 N–H and O–H groups in total. The molecule has 0 spiro atoms. The lowest BCUT2D eigenvalue weighted by Crippen LogP contribution is -2.30. The number of ether oxygens (including phenoxy) is 2. The Morgan fingerprint density at radius 2 is 1.73 bits per heavy atom. The summed E-state index contributed by atoms with van der Waals surface area (Å²) < 4.78 is 10.7. The molecular weight excluding hydrogens is 298 g/mol. The van der Waals surface area contributed by atoms with Crippen LogP contribution in [0, 0.1) is 0 Å². The minimum atomic E-state index is -0.594. The summed E-state index contributed by atoms with van der Waals surface area (Å²) in [5, 5.41) is 2.89. The van der Waals surface area contributed by atoms with Crippen LogP contribution in [0.4, 0.5) is 5.69 Å². The summed E-state index contributed by atoms with van der Waals surface area (Å²) in [6.07, 6.45) is 1.38. The van der Waals surface area contributed by atoms with Crippen molar-refractivity contribution in [2.24, 2.45) is 0 Å². The van der Waals surface area contributed by atoms with Crippen molar-refractivity contribution in [2.45, 2.75) is 17.9 Å². The van der Waals surface area contributed by atoms with Gasteiger partial charge in [0, 0.05) is 4.90 Å². The van der Waals surface area contributed by atoms with Gasteiger partial charge < -0.3 is 14.8 Å². The van der Waals surface area contributed by atoms with Gasteiger partial charge in [-0.25, -0.2) is 0 Å². The van der Waals surface area contributed by atoms with Crippen molar-refractivity contribution in [3.05, 3.63) is 48.5 Å². The predicted octanol–water partition coefficient (Wildman–Crippen LogP) is 3.82. The zero-order chi connectivity index (χ0) is 15.9. The van der Waals surface area contributed by atoms with Crippen LogP contribution in [0.25, 0.3) is 0 Å². The SMILES string of the molecule is COc1ccc(O[C@@H](C)C(=O)Nc2ccccc2SC)cc1. The lowest BCUT2D eigenvalue weighted by molar-refractivity contribution is -0.122. The predicted molar refractivity (Wildman–Crippen MR) is 89.9 cm³/mol. The molecule has 0 aliphatic rings. The molecule has 5 heteroatoms. The number of nitrogens with one attached hydrogen (secondary N) is 1. The number of amides is 1. The van der Waals surface area contributed by atoms with Crippen LogP contribution in [-0.2, 0) is 4.79 Å². The number of carbonyl (C=O) groups is 1. The smallest absolute Gasteiger partial charge is 0.265 e. The van der Waals surface area contributed by atoms with E-state index >= 15 is 0 Å². The topological polar surface area (TPSA) is 47.6 Å². The molecule has 4 nitrogen and oxygen atoms in total. The van der Waals surface area contributed by atoms with Gasteiger partial charge in [-0.2, -0.15) is 0 Å². The summed E-state index contributed by atoms with van der Waals surface area (Å²) in [6, 6.07) is 14.8. The van der Waals surface area contributed by atoms with Crippen molar-refractivity contribution in [2.75, 3.05) is 18.7 Å². The summed E-state index contributed by atoms with van der Waals surface area (Å²) in [4.78, 5) is 13.3. The number of hydrogen-bond donors (Lipinski definition) is 1. The minimum absolute atomic E-state index is 0.183. The molecule has 0 unspecified atom stereocenters. The number of rotatable bonds is 6. The molecule has 0 radical (unpaired) electrons. The number of benzene rings is 2. The average Bonchev–Trinajstić information content (AvgIpc) is 2.56. The van der Waals surface area contributed by atoms with Crippen molar-refractivity contribution < 1.29 is 14.3 Å². The van der Waals surface area contributed by atoms with Gasteiger partial charge in [0.2, 0.25) is 0 Å². The van der Waals surface area contributed by atoms with Gasteiger partial charge in [-0.15, -0.1) is 11.8 Å². The van der Waals surface area contributed by atoms with E-state index in [1.807, 2.05) is 30.5 Å². The van der Waals surface area contributed by atoms with Gasteiger partial charge in [0.05, 0.1) is 12.8 Å². The molecular formula is C17H19NO3S. The second-order valence-corrected chi connectivity index (χ2v) is 5.47. The second-order valence-electron chi connectivity index (χ2n) is 4.63. The van der Waals surface area contributed by atoms with E-state index in [0.717, 1.165) is 16.3 Å². The van der Waals surface area contributed by atoms with Crippen LogP contribution in [0.2, 0.25) is 0 Å². The van der Waals surface area contributed by atoms with Gasteiger partial charge in [0.25, 0.3) is 5.91 Å². The Labute approximate surface area is 134 Å². The van der Waals surface area contributed by atoms with Crippen LogP contribution < -0.4 is 14.8 Å². The molecule has 22 heavy (non-hydrogen) atoms. The molecule has 0 heterocycles. The molecule has 0 saturated heterocycles. The van der Waals surface area contributed by atoms with Gasteiger partial charge in [-0.05, 0) is 49.6 Å². The van der Waals surface area contributed by atoms with E-state index in [1.54, 1.807) is 50.1 Å². The summed E-state index contributed by atoms with van der Waals surface area (Å²) in [5.74, 6) is 1.19. The highest BCUT2D eigenvalue weighted by Gasteiger charge is 2.16. The number of carbonyl (C=O) groups excluding carboxylic acids is 1. The lowest BCUT2D eigenvalue weighted by atomic mass is 10.3. The zero-order valence-corrected chi connectivity index (χ0v) is 13.6. The third-order valence-corrected chi connectivity index (χ3v) is 3.90. The molecule has 2 aromatic rings. The van der Waals surface area contributed by atoms with Gasteiger partial charge in [0.1, 0.15) is 11.5 Å². The first-order valence-corrected chi connectivity index (χ1v) is 8.11. The van der Waals surface area contributed by atoms with Crippen LogP contribution in [0.1, 0.15) is 6.92 Å². The van der Waals surface area contributed by atoms with E-state index < -0.39 is 6.10 Å². The summed E-state index contributed by atoms with van der Waals surface area (Å²) >= 11 is 1.59. The van der Waals surface area contributed by atoms with E-state index in [2.05, 4.69) is 5.32 Å². The molecule has 0 aromatic heterocycles. The lowest BCUT2D eigenvalue weighted by Gasteiger charge is -2.16. The molecule has 0 aliphatic heterocycles. The minimum Gasteiger partial charge on any atom is -0.497 e. The first-order valence-electron chi connectivity index (χ1n) is 6.88. The standard InChI is InChI=1S/C17H19NO3S/c1-12(21-14-10-8-13(20-2)9-11-14)17(19)18-15-6-4-5-7-16(15)22-3/h4-12H,1-3H3,(H,18,19)/t12-/m0/s1. The van der Waals surface area contributed by atoms with Crippen LogP contribution >= 0.6 is 11.8 Å². The quantitative estimate of drug-likeness (QED) is 0.823. The maximum absolute atomic E-state index is 12.2. The summed E-state index contributed by atoms with van der Waals surface area (Å²) in [5.41, 5.74) is 0.796. The van der Waals surface area contributed by atoms with Crippen molar-refractivity contribution >= 4 is 23.4 Å². The summed E-state index contributed by atoms with van der Waals surface area (Å²) in [7, 11) is 1.61. The Balaban J connectivity index is 1.99. The van der Waals surface area contributed by atoms with E-state index in [0.29, 0.717) is 5.75 Å². The van der Waals surface area contributed by atoms with Crippen molar-refractivity contribution in [1.29, 1.82) is 0 Å². The fourth-order valence-corrected chi connectivity index (χ4v) is 2.45. The third-order valence-electron chi connectivity index (χ3n) is 3.11. The summed E-state index contributed by atoms with van der Waals surface area (Å²) in [6.45, 7) is 1.72.